The van der Waals surface area contributed by atoms with Crippen LogP contribution in [-0.2, 0) is 16.0 Å². The molecule has 7 nitrogen and oxygen atoms in total. The van der Waals surface area contributed by atoms with Gasteiger partial charge in [0.1, 0.15) is 11.4 Å². The summed E-state index contributed by atoms with van der Waals surface area (Å²) in [6.45, 7) is 5.66. The Morgan fingerprint density at radius 1 is 1.11 bits per heavy atom. The van der Waals surface area contributed by atoms with E-state index in [0.29, 0.717) is 6.42 Å². The Kier molecular flexibility index (Phi) is 10.3. The van der Waals surface area contributed by atoms with Gasteiger partial charge in [0, 0.05) is 4.90 Å². The molecule has 2 aromatic rings. The van der Waals surface area contributed by atoms with E-state index < -0.39 is 23.8 Å². The Morgan fingerprint density at radius 3 is 2.37 bits per heavy atom. The number of alkyl carbamates (subject to hydrolysis) is 1. The van der Waals surface area contributed by atoms with Gasteiger partial charge in [0.2, 0.25) is 0 Å². The number of nitrogens with zero attached hydrogens (tertiary/aromatic N) is 1. The summed E-state index contributed by atoms with van der Waals surface area (Å²) in [6, 6.07) is 17.0. The number of hydroxylamine groups is 1. The molecule has 3 rings (SSSR count). The molecule has 1 amide bonds. The molecular weight excluding hydrogens is 464 g/mol. The van der Waals surface area contributed by atoms with Gasteiger partial charge >= 0.3 is 6.09 Å². The Bertz CT molecular complexity index is 898. The van der Waals surface area contributed by atoms with Gasteiger partial charge in [0.25, 0.3) is 0 Å². The van der Waals surface area contributed by atoms with Crippen molar-refractivity contribution in [2.75, 3.05) is 13.7 Å². The maximum Gasteiger partial charge on any atom is 0.407 e. The number of amides is 1. The van der Waals surface area contributed by atoms with Crippen LogP contribution in [0.15, 0.2) is 59.5 Å². The highest BCUT2D eigenvalue weighted by Crippen LogP contribution is 2.30. The predicted octanol–water partition coefficient (Wildman–Crippen LogP) is 5.38. The van der Waals surface area contributed by atoms with Crippen molar-refractivity contribution in [3.05, 3.63) is 60.2 Å². The number of benzene rings is 2. The van der Waals surface area contributed by atoms with Gasteiger partial charge in [-0.2, -0.15) is 0 Å². The van der Waals surface area contributed by atoms with E-state index in [0.717, 1.165) is 41.9 Å². The number of aliphatic hydroxyl groups is 1. The van der Waals surface area contributed by atoms with E-state index in [1.165, 1.54) is 11.9 Å². The molecule has 35 heavy (non-hydrogen) atoms. The van der Waals surface area contributed by atoms with Gasteiger partial charge in [-0.25, -0.2) is 4.79 Å². The third-order valence-electron chi connectivity index (χ3n) is 5.64. The molecule has 0 heterocycles. The Hall–Kier alpha value is -2.26. The maximum atomic E-state index is 12.6. The van der Waals surface area contributed by atoms with Crippen molar-refractivity contribution < 1.29 is 24.2 Å². The molecule has 2 aromatic carbocycles. The lowest BCUT2D eigenvalue weighted by molar-refractivity contribution is -0.138. The number of aliphatic hydroxyl groups excluding tert-OH is 1. The van der Waals surface area contributed by atoms with Crippen LogP contribution in [0.1, 0.15) is 52.0 Å². The van der Waals surface area contributed by atoms with Gasteiger partial charge < -0.3 is 19.9 Å². The standard InChI is InChI=1S/C27H38N2O5S/c1-27(2,3)33-26(31)28-24(18-20-10-6-5-7-11-20)25(30)19-29(34-22-12-8-9-13-22)35-23-16-14-21(32-4)15-17-23/h5-7,10-11,14-17,22,24-25,30H,8-9,12-13,18-19H2,1-4H3,(H,28,31). The number of ether oxygens (including phenoxy) is 2. The normalized spacial score (nSPS) is 16.2. The second-order valence-corrected chi connectivity index (χ2v) is 10.9. The predicted molar refractivity (Wildman–Crippen MR) is 138 cm³/mol. The van der Waals surface area contributed by atoms with E-state index in [1.54, 1.807) is 11.6 Å². The first kappa shape index (κ1) is 27.3. The minimum absolute atomic E-state index is 0.124. The fraction of sp³-hybridized carbons (Fsp3) is 0.519. The van der Waals surface area contributed by atoms with Crippen LogP contribution in [0, 0.1) is 0 Å². The largest absolute Gasteiger partial charge is 0.497 e. The number of carbonyl (C=O) groups is 1. The molecule has 2 unspecified atom stereocenters. The Morgan fingerprint density at radius 2 is 1.77 bits per heavy atom. The molecule has 8 heteroatoms. The van der Waals surface area contributed by atoms with Crippen molar-refractivity contribution in [3.63, 3.8) is 0 Å². The van der Waals surface area contributed by atoms with E-state index >= 15 is 0 Å². The first-order chi connectivity index (χ1) is 16.7. The summed E-state index contributed by atoms with van der Waals surface area (Å²) in [7, 11) is 1.64. The van der Waals surface area contributed by atoms with Gasteiger partial charge in [-0.05, 0) is 81.8 Å². The molecule has 192 valence electrons. The van der Waals surface area contributed by atoms with E-state index in [1.807, 2.05) is 75.4 Å². The zero-order valence-corrected chi connectivity index (χ0v) is 21.9. The first-order valence-corrected chi connectivity index (χ1v) is 13.0. The number of hydrogen-bond donors (Lipinski definition) is 2. The van der Waals surface area contributed by atoms with E-state index in [9.17, 15) is 9.90 Å². The van der Waals surface area contributed by atoms with Crippen LogP contribution >= 0.6 is 11.9 Å². The molecule has 1 aliphatic carbocycles. The second-order valence-electron chi connectivity index (χ2n) is 9.80. The van der Waals surface area contributed by atoms with Crippen LogP contribution in [0.25, 0.3) is 0 Å². The first-order valence-electron chi connectivity index (χ1n) is 12.2. The molecule has 1 saturated carbocycles. The van der Waals surface area contributed by atoms with Crippen LogP contribution in [0.3, 0.4) is 0 Å². The van der Waals surface area contributed by atoms with Gasteiger partial charge in [0.05, 0.1) is 31.9 Å². The molecule has 0 saturated heterocycles. The Balaban J connectivity index is 1.73. The molecular formula is C27H38N2O5S. The van der Waals surface area contributed by atoms with E-state index in [2.05, 4.69) is 5.32 Å². The number of carbonyl (C=O) groups excluding carboxylic acids is 1. The topological polar surface area (TPSA) is 80.3 Å². The maximum absolute atomic E-state index is 12.6. The molecule has 0 aliphatic heterocycles. The second kappa shape index (κ2) is 13.2. The summed E-state index contributed by atoms with van der Waals surface area (Å²) in [5, 5.41) is 14.2. The zero-order valence-electron chi connectivity index (χ0n) is 21.1. The summed E-state index contributed by atoms with van der Waals surface area (Å²) in [5.41, 5.74) is 0.382. The number of methoxy groups -OCH3 is 1. The fourth-order valence-corrected chi connectivity index (χ4v) is 4.79. The lowest BCUT2D eigenvalue weighted by Gasteiger charge is -2.31. The smallest absolute Gasteiger partial charge is 0.407 e. The minimum atomic E-state index is -0.894. The number of hydrogen-bond acceptors (Lipinski definition) is 7. The van der Waals surface area contributed by atoms with Gasteiger partial charge in [-0.1, -0.05) is 43.2 Å². The van der Waals surface area contributed by atoms with Crippen LogP contribution in [0.4, 0.5) is 4.79 Å². The summed E-state index contributed by atoms with van der Waals surface area (Å²) >= 11 is 1.43. The summed E-state index contributed by atoms with van der Waals surface area (Å²) in [5.74, 6) is 0.780. The van der Waals surface area contributed by atoms with Crippen LogP contribution in [0.5, 0.6) is 5.75 Å². The number of rotatable bonds is 11. The third kappa shape index (κ3) is 9.72. The van der Waals surface area contributed by atoms with Crippen LogP contribution < -0.4 is 10.1 Å². The molecule has 0 bridgehead atoms. The quantitative estimate of drug-likeness (QED) is 0.316. The Labute approximate surface area is 213 Å². The van der Waals surface area contributed by atoms with Crippen molar-refractivity contribution in [1.29, 1.82) is 0 Å². The molecule has 2 N–H and O–H groups in total. The van der Waals surface area contributed by atoms with Crippen molar-refractivity contribution in [2.24, 2.45) is 0 Å². The van der Waals surface area contributed by atoms with Crippen molar-refractivity contribution in [1.82, 2.24) is 9.79 Å². The molecule has 1 fully saturated rings. The number of nitrogens with one attached hydrogen (secondary N) is 1. The highest BCUT2D eigenvalue weighted by molar-refractivity contribution is 7.96. The summed E-state index contributed by atoms with van der Waals surface area (Å²) in [6.07, 6.45) is 3.43. The molecule has 0 aromatic heterocycles. The average Bonchev–Trinajstić information content (AvgIpc) is 3.31. The van der Waals surface area contributed by atoms with Gasteiger partial charge in [-0.3, -0.25) is 4.84 Å². The highest BCUT2D eigenvalue weighted by Gasteiger charge is 2.29. The van der Waals surface area contributed by atoms with Crippen LogP contribution in [-0.4, -0.2) is 53.2 Å². The molecule has 2 atom stereocenters. The van der Waals surface area contributed by atoms with Crippen LogP contribution in [0.2, 0.25) is 0 Å². The summed E-state index contributed by atoms with van der Waals surface area (Å²) in [4.78, 5) is 19.8. The average molecular weight is 503 g/mol. The fourth-order valence-electron chi connectivity index (χ4n) is 3.91. The lowest BCUT2D eigenvalue weighted by atomic mass is 10.0. The van der Waals surface area contributed by atoms with E-state index in [4.69, 9.17) is 14.3 Å². The molecule has 0 radical (unpaired) electrons. The molecule has 1 aliphatic rings. The van der Waals surface area contributed by atoms with E-state index in [-0.39, 0.29) is 12.6 Å². The van der Waals surface area contributed by atoms with Crippen molar-refractivity contribution >= 4 is 18.0 Å². The molecule has 0 spiro atoms. The highest BCUT2D eigenvalue weighted by atomic mass is 32.2. The SMILES string of the molecule is COc1ccc(SN(CC(O)C(Cc2ccccc2)NC(=O)OC(C)(C)C)OC2CCCC2)cc1. The monoisotopic (exact) mass is 502 g/mol. The third-order valence-corrected chi connectivity index (χ3v) is 6.56. The summed E-state index contributed by atoms with van der Waals surface area (Å²) < 4.78 is 12.5. The van der Waals surface area contributed by atoms with Gasteiger partial charge in [-0.15, -0.1) is 4.47 Å². The zero-order chi connectivity index (χ0) is 25.3. The van der Waals surface area contributed by atoms with Crippen molar-refractivity contribution in [3.8, 4) is 5.75 Å². The van der Waals surface area contributed by atoms with Crippen molar-refractivity contribution in [2.45, 2.75) is 81.6 Å². The lowest BCUT2D eigenvalue weighted by Crippen LogP contribution is -2.50. The minimum Gasteiger partial charge on any atom is -0.497 e. The van der Waals surface area contributed by atoms with Gasteiger partial charge in [0.15, 0.2) is 0 Å².